The fourth-order valence-electron chi connectivity index (χ4n) is 2.80. The SMILES string of the molecule is CCNC(=NCc1sc(C)nc1C)NCC1(CCO)CCOC1. The summed E-state index contributed by atoms with van der Waals surface area (Å²) in [6, 6.07) is 0. The van der Waals surface area contributed by atoms with Crippen molar-refractivity contribution < 1.29 is 9.84 Å². The van der Waals surface area contributed by atoms with Gasteiger partial charge in [0.15, 0.2) is 5.96 Å². The number of ether oxygens (including phenoxy) is 1. The van der Waals surface area contributed by atoms with Crippen LogP contribution in [0.4, 0.5) is 0 Å². The number of rotatable bonds is 7. The second-order valence-electron chi connectivity index (χ2n) is 6.07. The molecule has 0 amide bonds. The zero-order valence-corrected chi connectivity index (χ0v) is 15.1. The van der Waals surface area contributed by atoms with Gasteiger partial charge in [0.2, 0.25) is 0 Å². The lowest BCUT2D eigenvalue weighted by atomic mass is 9.84. The molecule has 3 N–H and O–H groups in total. The van der Waals surface area contributed by atoms with E-state index in [9.17, 15) is 5.11 Å². The molecule has 0 spiro atoms. The van der Waals surface area contributed by atoms with Gasteiger partial charge in [-0.3, -0.25) is 0 Å². The molecule has 1 unspecified atom stereocenters. The van der Waals surface area contributed by atoms with Crippen LogP contribution < -0.4 is 10.6 Å². The molecule has 0 saturated carbocycles. The molecule has 23 heavy (non-hydrogen) atoms. The monoisotopic (exact) mass is 340 g/mol. The molecular formula is C16H28N4O2S. The number of hydrogen-bond acceptors (Lipinski definition) is 5. The van der Waals surface area contributed by atoms with Gasteiger partial charge in [-0.2, -0.15) is 0 Å². The van der Waals surface area contributed by atoms with Gasteiger partial charge in [0, 0.05) is 36.6 Å². The van der Waals surface area contributed by atoms with Crippen molar-refractivity contribution in [2.24, 2.45) is 10.4 Å². The molecule has 1 aliphatic rings. The summed E-state index contributed by atoms with van der Waals surface area (Å²) >= 11 is 1.70. The summed E-state index contributed by atoms with van der Waals surface area (Å²) in [7, 11) is 0. The first kappa shape index (κ1) is 18.2. The number of guanidine groups is 1. The second-order valence-corrected chi connectivity index (χ2v) is 7.35. The Kier molecular flexibility index (Phi) is 6.80. The number of aliphatic imine (C=N–C) groups is 1. The quantitative estimate of drug-likeness (QED) is 0.519. The number of aliphatic hydroxyl groups is 1. The summed E-state index contributed by atoms with van der Waals surface area (Å²) in [5, 5.41) is 17.1. The maximum atomic E-state index is 9.31. The lowest BCUT2D eigenvalue weighted by Crippen LogP contribution is -2.44. The number of aromatic nitrogens is 1. The van der Waals surface area contributed by atoms with E-state index in [2.05, 4.69) is 27.5 Å². The van der Waals surface area contributed by atoms with Crippen molar-refractivity contribution >= 4 is 17.3 Å². The fourth-order valence-corrected chi connectivity index (χ4v) is 3.66. The highest BCUT2D eigenvalue weighted by Gasteiger charge is 2.34. The summed E-state index contributed by atoms with van der Waals surface area (Å²) in [6.45, 7) is 9.99. The van der Waals surface area contributed by atoms with E-state index >= 15 is 0 Å². The first-order valence-corrected chi connectivity index (χ1v) is 9.04. The maximum absolute atomic E-state index is 9.31. The van der Waals surface area contributed by atoms with Crippen molar-refractivity contribution in [2.45, 2.75) is 40.2 Å². The smallest absolute Gasteiger partial charge is 0.191 e. The van der Waals surface area contributed by atoms with E-state index in [1.165, 1.54) is 4.88 Å². The molecule has 0 bridgehead atoms. The van der Waals surface area contributed by atoms with Crippen molar-refractivity contribution in [1.82, 2.24) is 15.6 Å². The molecule has 130 valence electrons. The Morgan fingerprint density at radius 3 is 2.83 bits per heavy atom. The number of nitrogens with one attached hydrogen (secondary N) is 2. The average Bonchev–Trinajstić information content (AvgIpc) is 3.10. The molecule has 1 saturated heterocycles. The normalized spacial score (nSPS) is 21.7. The third-order valence-electron chi connectivity index (χ3n) is 4.18. The minimum atomic E-state index is 0.0158. The summed E-state index contributed by atoms with van der Waals surface area (Å²) < 4.78 is 5.54. The maximum Gasteiger partial charge on any atom is 0.191 e. The van der Waals surface area contributed by atoms with E-state index in [1.807, 2.05) is 13.8 Å². The minimum Gasteiger partial charge on any atom is -0.396 e. The van der Waals surface area contributed by atoms with Crippen LogP contribution >= 0.6 is 11.3 Å². The lowest BCUT2D eigenvalue weighted by molar-refractivity contribution is 0.127. The minimum absolute atomic E-state index is 0.0158. The molecule has 1 aliphatic heterocycles. The van der Waals surface area contributed by atoms with Gasteiger partial charge in [0.25, 0.3) is 0 Å². The van der Waals surface area contributed by atoms with E-state index in [4.69, 9.17) is 4.74 Å². The zero-order valence-electron chi connectivity index (χ0n) is 14.3. The van der Waals surface area contributed by atoms with E-state index in [0.717, 1.165) is 49.2 Å². The van der Waals surface area contributed by atoms with Gasteiger partial charge < -0.3 is 20.5 Å². The largest absolute Gasteiger partial charge is 0.396 e. The number of aryl methyl sites for hydroxylation is 2. The summed E-state index contributed by atoms with van der Waals surface area (Å²) in [6.07, 6.45) is 1.74. The van der Waals surface area contributed by atoms with Gasteiger partial charge in [-0.05, 0) is 33.6 Å². The number of thiazole rings is 1. The molecule has 2 heterocycles. The predicted molar refractivity (Wildman–Crippen MR) is 94.0 cm³/mol. The second kappa shape index (κ2) is 8.61. The van der Waals surface area contributed by atoms with Crippen molar-refractivity contribution in [3.63, 3.8) is 0 Å². The van der Waals surface area contributed by atoms with Gasteiger partial charge >= 0.3 is 0 Å². The number of aliphatic hydroxyl groups excluding tert-OH is 1. The summed E-state index contributed by atoms with van der Waals surface area (Å²) in [5.41, 5.74) is 1.08. The Morgan fingerprint density at radius 1 is 1.43 bits per heavy atom. The Labute approximate surface area is 142 Å². The van der Waals surface area contributed by atoms with Gasteiger partial charge in [-0.15, -0.1) is 11.3 Å². The fraction of sp³-hybridized carbons (Fsp3) is 0.750. The molecule has 1 aromatic rings. The molecule has 0 aromatic carbocycles. The predicted octanol–water partition coefficient (Wildman–Crippen LogP) is 1.60. The molecule has 6 nitrogen and oxygen atoms in total. The van der Waals surface area contributed by atoms with Gasteiger partial charge in [0.1, 0.15) is 0 Å². The Hall–Kier alpha value is -1.18. The van der Waals surface area contributed by atoms with Crippen LogP contribution in [-0.4, -0.2) is 49.0 Å². The highest BCUT2D eigenvalue weighted by Crippen LogP contribution is 2.31. The zero-order chi connectivity index (χ0) is 16.7. The molecule has 2 rings (SSSR count). The van der Waals surface area contributed by atoms with Crippen LogP contribution in [0.3, 0.4) is 0 Å². The van der Waals surface area contributed by atoms with Crippen molar-refractivity contribution in [3.8, 4) is 0 Å². The molecular weight excluding hydrogens is 312 g/mol. The van der Waals surface area contributed by atoms with E-state index in [-0.39, 0.29) is 12.0 Å². The topological polar surface area (TPSA) is 78.8 Å². The highest BCUT2D eigenvalue weighted by atomic mass is 32.1. The molecule has 0 radical (unpaired) electrons. The Balaban J connectivity index is 1.97. The van der Waals surface area contributed by atoms with Gasteiger partial charge in [0.05, 0.1) is 23.9 Å². The Bertz CT molecular complexity index is 524. The molecule has 1 fully saturated rings. The van der Waals surface area contributed by atoms with Crippen LogP contribution in [0.25, 0.3) is 0 Å². The Morgan fingerprint density at radius 2 is 2.26 bits per heavy atom. The third-order valence-corrected chi connectivity index (χ3v) is 5.24. The van der Waals surface area contributed by atoms with Crippen molar-refractivity contribution in [2.75, 3.05) is 32.9 Å². The standard InChI is InChI=1S/C16H28N4O2S/c1-4-17-15(18-9-14-12(2)20-13(3)23-14)19-10-16(5-7-21)6-8-22-11-16/h21H,4-11H2,1-3H3,(H2,17,18,19). The van der Waals surface area contributed by atoms with Gasteiger partial charge in [-0.25, -0.2) is 9.98 Å². The third kappa shape index (κ3) is 5.16. The van der Waals surface area contributed by atoms with E-state index < -0.39 is 0 Å². The highest BCUT2D eigenvalue weighted by molar-refractivity contribution is 7.11. The average molecular weight is 340 g/mol. The lowest BCUT2D eigenvalue weighted by Gasteiger charge is -2.27. The molecule has 1 atom stereocenters. The summed E-state index contributed by atoms with van der Waals surface area (Å²) in [5.74, 6) is 0.808. The summed E-state index contributed by atoms with van der Waals surface area (Å²) in [4.78, 5) is 10.3. The van der Waals surface area contributed by atoms with Crippen LogP contribution in [-0.2, 0) is 11.3 Å². The number of nitrogens with zero attached hydrogens (tertiary/aromatic N) is 2. The van der Waals surface area contributed by atoms with Crippen LogP contribution in [0.2, 0.25) is 0 Å². The first-order valence-electron chi connectivity index (χ1n) is 8.22. The van der Waals surface area contributed by atoms with Crippen LogP contribution in [0, 0.1) is 19.3 Å². The molecule has 7 heteroatoms. The van der Waals surface area contributed by atoms with Crippen molar-refractivity contribution in [3.05, 3.63) is 15.6 Å². The molecule has 0 aliphatic carbocycles. The molecule has 1 aromatic heterocycles. The van der Waals surface area contributed by atoms with Crippen LogP contribution in [0.1, 0.15) is 35.3 Å². The van der Waals surface area contributed by atoms with Crippen molar-refractivity contribution in [1.29, 1.82) is 0 Å². The van der Waals surface area contributed by atoms with Gasteiger partial charge in [-0.1, -0.05) is 0 Å². The van der Waals surface area contributed by atoms with E-state index in [1.54, 1.807) is 11.3 Å². The van der Waals surface area contributed by atoms with E-state index in [0.29, 0.717) is 13.2 Å². The number of hydrogen-bond donors (Lipinski definition) is 3. The first-order chi connectivity index (χ1) is 11.1. The van der Waals surface area contributed by atoms with Crippen LogP contribution in [0.5, 0.6) is 0 Å². The van der Waals surface area contributed by atoms with Crippen LogP contribution in [0.15, 0.2) is 4.99 Å².